The Kier molecular flexibility index (Phi) is 6.78. The minimum atomic E-state index is 0.635. The van der Waals surface area contributed by atoms with Crippen LogP contribution in [0.2, 0.25) is 0 Å². The largest absolute Gasteiger partial charge is 0.259 e. The van der Waals surface area contributed by atoms with Crippen LogP contribution >= 0.6 is 0 Å². The Labute approximate surface area is 224 Å². The predicted octanol–water partition coefficient (Wildman–Crippen LogP) is 9.12. The van der Waals surface area contributed by atoms with Gasteiger partial charge in [-0.1, -0.05) is 152 Å². The van der Waals surface area contributed by atoms with Gasteiger partial charge < -0.3 is 0 Å². The molecule has 0 aliphatic rings. The summed E-state index contributed by atoms with van der Waals surface area (Å²) < 4.78 is 2.18. The van der Waals surface area contributed by atoms with Crippen LogP contribution in [0.4, 0.5) is 0 Å². The summed E-state index contributed by atoms with van der Waals surface area (Å²) >= 11 is 0. The lowest BCUT2D eigenvalue weighted by molar-refractivity contribution is 0.724. The van der Waals surface area contributed by atoms with E-state index in [4.69, 9.17) is 5.10 Å². The molecular formula is C36H28N2. The zero-order chi connectivity index (χ0) is 25.6. The van der Waals surface area contributed by atoms with E-state index in [9.17, 15) is 0 Å². The third-order valence-electron chi connectivity index (χ3n) is 6.71. The summed E-state index contributed by atoms with van der Waals surface area (Å²) in [5.41, 5.74) is 10.2. The number of hydrogen-bond acceptors (Lipinski definition) is 1. The third-order valence-corrected chi connectivity index (χ3v) is 6.71. The van der Waals surface area contributed by atoms with Crippen LogP contribution in [0.3, 0.4) is 0 Å². The average molecular weight is 489 g/mol. The smallest absolute Gasteiger partial charge is 0.101 e. The second-order valence-corrected chi connectivity index (χ2v) is 9.27. The molecule has 0 saturated carbocycles. The topological polar surface area (TPSA) is 17.8 Å². The van der Waals surface area contributed by atoms with E-state index in [0.717, 1.165) is 33.6 Å². The summed E-state index contributed by atoms with van der Waals surface area (Å²) in [4.78, 5) is 0. The molecule has 0 amide bonds. The lowest BCUT2D eigenvalue weighted by Crippen LogP contribution is -2.05. The van der Waals surface area contributed by atoms with Crippen molar-refractivity contribution in [2.24, 2.45) is 0 Å². The van der Waals surface area contributed by atoms with Gasteiger partial charge in [0.15, 0.2) is 0 Å². The highest BCUT2D eigenvalue weighted by atomic mass is 15.3. The first kappa shape index (κ1) is 23.4. The Hall–Kier alpha value is -4.95. The summed E-state index contributed by atoms with van der Waals surface area (Å²) in [6.07, 6.45) is 2.27. The van der Waals surface area contributed by atoms with Crippen molar-refractivity contribution < 1.29 is 0 Å². The molecule has 0 aliphatic heterocycles. The monoisotopic (exact) mass is 488 g/mol. The molecule has 0 bridgehead atoms. The molecule has 0 N–H and O–H groups in total. The number of benzene rings is 5. The second kappa shape index (κ2) is 11.0. The Morgan fingerprint density at radius 2 is 1.00 bits per heavy atom. The van der Waals surface area contributed by atoms with Crippen LogP contribution < -0.4 is 0 Å². The average Bonchev–Trinajstić information content (AvgIpc) is 3.38. The number of allylic oxidation sites excluding steroid dienone is 1. The zero-order valence-corrected chi connectivity index (χ0v) is 21.1. The molecule has 0 radical (unpaired) electrons. The van der Waals surface area contributed by atoms with Crippen LogP contribution in [0.25, 0.3) is 45.3 Å². The minimum Gasteiger partial charge on any atom is -0.259 e. The van der Waals surface area contributed by atoms with Crippen molar-refractivity contribution in [1.82, 2.24) is 9.78 Å². The number of aromatic nitrogens is 2. The standard InChI is InChI=1S/C36H28N2/c1-6-16-28(17-7-1)26-33(29-18-8-2-9-19-29)27-38-36(32-24-14-5-15-25-32)34(30-20-10-3-11-21-30)35(37-38)31-22-12-4-13-23-31/h1-26H,27H2/b33-26+. The first-order valence-electron chi connectivity index (χ1n) is 12.9. The molecule has 2 heteroatoms. The maximum absolute atomic E-state index is 5.32. The van der Waals surface area contributed by atoms with Crippen molar-refractivity contribution in [3.63, 3.8) is 0 Å². The fourth-order valence-electron chi connectivity index (χ4n) is 4.93. The lowest BCUT2D eigenvalue weighted by atomic mass is 9.95. The van der Waals surface area contributed by atoms with E-state index in [0.29, 0.717) is 6.54 Å². The van der Waals surface area contributed by atoms with Gasteiger partial charge in [-0.25, -0.2) is 0 Å². The molecule has 0 unspecified atom stereocenters. The van der Waals surface area contributed by atoms with E-state index >= 15 is 0 Å². The number of hydrogen-bond donors (Lipinski definition) is 0. The van der Waals surface area contributed by atoms with Crippen LogP contribution in [0.1, 0.15) is 11.1 Å². The van der Waals surface area contributed by atoms with Crippen molar-refractivity contribution in [1.29, 1.82) is 0 Å². The molecule has 1 aromatic heterocycles. The minimum absolute atomic E-state index is 0.635. The summed E-state index contributed by atoms with van der Waals surface area (Å²) in [7, 11) is 0. The van der Waals surface area contributed by atoms with Gasteiger partial charge in [-0.3, -0.25) is 4.68 Å². The molecule has 0 spiro atoms. The van der Waals surface area contributed by atoms with Gasteiger partial charge in [0.25, 0.3) is 0 Å². The Bertz CT molecular complexity index is 1630. The van der Waals surface area contributed by atoms with Crippen molar-refractivity contribution in [3.05, 3.63) is 163 Å². The summed E-state index contributed by atoms with van der Waals surface area (Å²) in [6.45, 7) is 0.635. The highest BCUT2D eigenvalue weighted by molar-refractivity contribution is 5.92. The second-order valence-electron chi connectivity index (χ2n) is 9.27. The maximum Gasteiger partial charge on any atom is 0.101 e. The molecule has 0 atom stereocenters. The molecule has 38 heavy (non-hydrogen) atoms. The fraction of sp³-hybridized carbons (Fsp3) is 0.0278. The van der Waals surface area contributed by atoms with Gasteiger partial charge in [0.2, 0.25) is 0 Å². The Morgan fingerprint density at radius 1 is 0.526 bits per heavy atom. The van der Waals surface area contributed by atoms with Gasteiger partial charge in [-0.2, -0.15) is 5.10 Å². The Morgan fingerprint density at radius 3 is 1.58 bits per heavy atom. The highest BCUT2D eigenvalue weighted by Crippen LogP contribution is 2.40. The van der Waals surface area contributed by atoms with Gasteiger partial charge in [-0.05, 0) is 28.3 Å². The number of rotatable bonds is 7. The van der Waals surface area contributed by atoms with E-state index in [1.807, 2.05) is 0 Å². The van der Waals surface area contributed by atoms with Crippen molar-refractivity contribution in [2.45, 2.75) is 6.54 Å². The van der Waals surface area contributed by atoms with Crippen LogP contribution in [0.5, 0.6) is 0 Å². The first-order chi connectivity index (χ1) is 18.9. The normalized spacial score (nSPS) is 11.4. The predicted molar refractivity (Wildman–Crippen MR) is 159 cm³/mol. The fourth-order valence-corrected chi connectivity index (χ4v) is 4.93. The molecule has 6 aromatic rings. The first-order valence-corrected chi connectivity index (χ1v) is 12.9. The van der Waals surface area contributed by atoms with E-state index in [-0.39, 0.29) is 0 Å². The molecule has 0 saturated heterocycles. The van der Waals surface area contributed by atoms with Crippen molar-refractivity contribution in [3.8, 4) is 33.6 Å². The lowest BCUT2D eigenvalue weighted by Gasteiger charge is -2.14. The molecule has 1 heterocycles. The van der Waals surface area contributed by atoms with E-state index in [2.05, 4.69) is 162 Å². The highest BCUT2D eigenvalue weighted by Gasteiger charge is 2.22. The molecular weight excluding hydrogens is 460 g/mol. The summed E-state index contributed by atoms with van der Waals surface area (Å²) in [5.74, 6) is 0. The van der Waals surface area contributed by atoms with Gasteiger partial charge in [0.1, 0.15) is 5.69 Å². The van der Waals surface area contributed by atoms with E-state index in [1.165, 1.54) is 16.7 Å². The number of nitrogens with zero attached hydrogens (tertiary/aromatic N) is 2. The third kappa shape index (κ3) is 4.98. The van der Waals surface area contributed by atoms with Crippen LogP contribution in [0.15, 0.2) is 152 Å². The molecule has 0 fully saturated rings. The van der Waals surface area contributed by atoms with Gasteiger partial charge >= 0.3 is 0 Å². The van der Waals surface area contributed by atoms with E-state index in [1.54, 1.807) is 0 Å². The maximum atomic E-state index is 5.32. The van der Waals surface area contributed by atoms with Crippen LogP contribution in [-0.4, -0.2) is 9.78 Å². The van der Waals surface area contributed by atoms with Gasteiger partial charge in [-0.15, -0.1) is 0 Å². The van der Waals surface area contributed by atoms with Crippen molar-refractivity contribution in [2.75, 3.05) is 0 Å². The summed E-state index contributed by atoms with van der Waals surface area (Å²) in [6, 6.07) is 52.9. The summed E-state index contributed by atoms with van der Waals surface area (Å²) in [5, 5.41) is 5.32. The molecule has 182 valence electrons. The zero-order valence-electron chi connectivity index (χ0n) is 21.1. The van der Waals surface area contributed by atoms with Gasteiger partial charge in [0, 0.05) is 16.7 Å². The van der Waals surface area contributed by atoms with Gasteiger partial charge in [0.05, 0.1) is 12.2 Å². The Balaban J connectivity index is 1.60. The SMILES string of the molecule is C(=C(/Cn1nc(-c2ccccc2)c(-c2ccccc2)c1-c1ccccc1)c1ccccc1)/c1ccccc1. The van der Waals surface area contributed by atoms with E-state index < -0.39 is 0 Å². The molecule has 6 rings (SSSR count). The quantitative estimate of drug-likeness (QED) is 0.205. The molecule has 5 aromatic carbocycles. The van der Waals surface area contributed by atoms with Crippen LogP contribution in [0, 0.1) is 0 Å². The van der Waals surface area contributed by atoms with Crippen molar-refractivity contribution >= 4 is 11.6 Å². The molecule has 0 aliphatic carbocycles. The molecule has 2 nitrogen and oxygen atoms in total. The van der Waals surface area contributed by atoms with Crippen LogP contribution in [-0.2, 0) is 6.54 Å².